The lowest BCUT2D eigenvalue weighted by Crippen LogP contribution is -2.09. The Balaban J connectivity index is 1.87. The summed E-state index contributed by atoms with van der Waals surface area (Å²) in [6.45, 7) is 0. The van der Waals surface area contributed by atoms with Crippen LogP contribution in [0.1, 0.15) is 5.56 Å². The molecule has 3 rings (SSSR count). The highest BCUT2D eigenvalue weighted by Crippen LogP contribution is 2.29. The fourth-order valence-electron chi connectivity index (χ4n) is 2.52. The predicted molar refractivity (Wildman–Crippen MR) is 103 cm³/mol. The number of rotatable bonds is 2. The molecule has 0 saturated heterocycles. The van der Waals surface area contributed by atoms with Gasteiger partial charge in [0, 0.05) is 28.5 Å². The normalized spacial score (nSPS) is 10.2. The summed E-state index contributed by atoms with van der Waals surface area (Å²) in [5.41, 5.74) is 1.97. The standard InChI is InChI=1S/C20H15FIN/c1-23(13-5-7-15-6-2-10-17(21)14-15)19-12-4-9-16-8-3-11-18(22)20(16)19/h2-4,6,8-12,14H,7H2,1H3. The van der Waals surface area contributed by atoms with Crippen LogP contribution in [0.4, 0.5) is 10.1 Å². The minimum atomic E-state index is -0.221. The summed E-state index contributed by atoms with van der Waals surface area (Å²) in [5.74, 6) is 2.90. The number of fused-ring (bicyclic) bond motifs is 1. The molecule has 3 aromatic carbocycles. The van der Waals surface area contributed by atoms with E-state index in [0.29, 0.717) is 6.42 Å². The highest BCUT2D eigenvalue weighted by Gasteiger charge is 2.06. The zero-order chi connectivity index (χ0) is 16.2. The number of nitrogens with zero attached hydrogens (tertiary/aromatic N) is 1. The fourth-order valence-corrected chi connectivity index (χ4v) is 3.32. The van der Waals surface area contributed by atoms with E-state index in [4.69, 9.17) is 0 Å². The van der Waals surface area contributed by atoms with Crippen molar-refractivity contribution in [3.8, 4) is 12.0 Å². The smallest absolute Gasteiger partial charge is 0.123 e. The Bertz CT molecular complexity index is 903. The van der Waals surface area contributed by atoms with E-state index in [0.717, 1.165) is 11.3 Å². The Morgan fingerprint density at radius 3 is 2.57 bits per heavy atom. The molecule has 3 heteroatoms. The quantitative estimate of drug-likeness (QED) is 0.315. The number of halogens is 2. The van der Waals surface area contributed by atoms with Crippen LogP contribution in [0, 0.1) is 21.4 Å². The molecule has 0 aromatic heterocycles. The van der Waals surface area contributed by atoms with Gasteiger partial charge in [0.1, 0.15) is 5.82 Å². The molecule has 0 aliphatic heterocycles. The maximum absolute atomic E-state index is 13.2. The second-order valence-electron chi connectivity index (χ2n) is 5.27. The van der Waals surface area contributed by atoms with Crippen LogP contribution in [0.15, 0.2) is 60.7 Å². The molecule has 0 aliphatic rings. The van der Waals surface area contributed by atoms with Crippen LogP contribution >= 0.6 is 22.6 Å². The summed E-state index contributed by atoms with van der Waals surface area (Å²) in [6, 6.07) is 22.2. The summed E-state index contributed by atoms with van der Waals surface area (Å²) in [6.07, 6.45) is 0.532. The van der Waals surface area contributed by atoms with E-state index in [1.807, 2.05) is 24.1 Å². The molecule has 23 heavy (non-hydrogen) atoms. The Kier molecular flexibility index (Phi) is 4.82. The molecule has 0 bridgehead atoms. The average molecular weight is 415 g/mol. The maximum atomic E-state index is 13.2. The van der Waals surface area contributed by atoms with Gasteiger partial charge < -0.3 is 4.90 Å². The Labute approximate surface area is 149 Å². The van der Waals surface area contributed by atoms with Gasteiger partial charge in [0.05, 0.1) is 5.69 Å². The lowest BCUT2D eigenvalue weighted by molar-refractivity contribution is 0.626. The van der Waals surface area contributed by atoms with Crippen molar-refractivity contribution in [3.05, 3.63) is 75.6 Å². The first-order valence-corrected chi connectivity index (χ1v) is 8.37. The van der Waals surface area contributed by atoms with E-state index >= 15 is 0 Å². The largest absolute Gasteiger partial charge is 0.304 e. The number of benzene rings is 3. The molecule has 114 valence electrons. The summed E-state index contributed by atoms with van der Waals surface area (Å²) >= 11 is 2.35. The summed E-state index contributed by atoms with van der Waals surface area (Å²) < 4.78 is 14.4. The van der Waals surface area contributed by atoms with Crippen molar-refractivity contribution in [2.24, 2.45) is 0 Å². The van der Waals surface area contributed by atoms with Gasteiger partial charge in [-0.25, -0.2) is 4.39 Å². The minimum Gasteiger partial charge on any atom is -0.304 e. The Hall–Kier alpha value is -2.06. The van der Waals surface area contributed by atoms with Gasteiger partial charge in [0.2, 0.25) is 0 Å². The molecule has 0 N–H and O–H groups in total. The van der Waals surface area contributed by atoms with Crippen LogP contribution < -0.4 is 4.90 Å². The lowest BCUT2D eigenvalue weighted by atomic mass is 10.1. The first-order chi connectivity index (χ1) is 11.1. The van der Waals surface area contributed by atoms with Crippen molar-refractivity contribution in [1.82, 2.24) is 0 Å². The molecule has 0 atom stereocenters. The zero-order valence-corrected chi connectivity index (χ0v) is 14.8. The molecule has 0 amide bonds. The van der Waals surface area contributed by atoms with Gasteiger partial charge in [0.15, 0.2) is 0 Å². The van der Waals surface area contributed by atoms with Gasteiger partial charge in [-0.2, -0.15) is 0 Å². The lowest BCUT2D eigenvalue weighted by Gasteiger charge is -2.15. The third-order valence-corrected chi connectivity index (χ3v) is 4.52. The third kappa shape index (κ3) is 3.65. The van der Waals surface area contributed by atoms with E-state index in [-0.39, 0.29) is 5.82 Å². The molecule has 0 radical (unpaired) electrons. The first-order valence-electron chi connectivity index (χ1n) is 7.29. The topological polar surface area (TPSA) is 3.24 Å². The van der Waals surface area contributed by atoms with Gasteiger partial charge in [-0.3, -0.25) is 0 Å². The van der Waals surface area contributed by atoms with E-state index in [9.17, 15) is 4.39 Å². The maximum Gasteiger partial charge on any atom is 0.123 e. The van der Waals surface area contributed by atoms with E-state index in [1.54, 1.807) is 6.07 Å². The van der Waals surface area contributed by atoms with Crippen LogP contribution in [-0.4, -0.2) is 7.05 Å². The van der Waals surface area contributed by atoms with Crippen molar-refractivity contribution >= 4 is 39.1 Å². The van der Waals surface area contributed by atoms with Crippen molar-refractivity contribution < 1.29 is 4.39 Å². The number of anilines is 1. The van der Waals surface area contributed by atoms with Gasteiger partial charge >= 0.3 is 0 Å². The van der Waals surface area contributed by atoms with Crippen molar-refractivity contribution in [1.29, 1.82) is 0 Å². The van der Waals surface area contributed by atoms with Crippen LogP contribution in [0.25, 0.3) is 10.8 Å². The van der Waals surface area contributed by atoms with Gasteiger partial charge in [-0.1, -0.05) is 42.3 Å². The molecule has 0 aliphatic carbocycles. The second kappa shape index (κ2) is 7.01. The van der Waals surface area contributed by atoms with Gasteiger partial charge in [-0.05, 0) is 57.8 Å². The molecule has 3 aromatic rings. The average Bonchev–Trinajstić information content (AvgIpc) is 2.54. The Morgan fingerprint density at radius 1 is 1.04 bits per heavy atom. The van der Waals surface area contributed by atoms with Gasteiger partial charge in [0.25, 0.3) is 0 Å². The first kappa shape index (κ1) is 15.8. The molecule has 1 nitrogen and oxygen atoms in total. The minimum absolute atomic E-state index is 0.221. The highest BCUT2D eigenvalue weighted by atomic mass is 127. The molecule has 0 spiro atoms. The van der Waals surface area contributed by atoms with Crippen molar-refractivity contribution in [3.63, 3.8) is 0 Å². The molecular formula is C20H15FIN. The molecule has 0 unspecified atom stereocenters. The molecule has 0 heterocycles. The highest BCUT2D eigenvalue weighted by molar-refractivity contribution is 14.1. The Morgan fingerprint density at radius 2 is 1.78 bits per heavy atom. The van der Waals surface area contributed by atoms with E-state index in [2.05, 4.69) is 64.9 Å². The summed E-state index contributed by atoms with van der Waals surface area (Å²) in [7, 11) is 1.95. The van der Waals surface area contributed by atoms with Crippen LogP contribution in [0.5, 0.6) is 0 Å². The molecule has 0 saturated carbocycles. The van der Waals surface area contributed by atoms with Crippen LogP contribution in [0.3, 0.4) is 0 Å². The monoisotopic (exact) mass is 415 g/mol. The second-order valence-corrected chi connectivity index (χ2v) is 6.43. The summed E-state index contributed by atoms with van der Waals surface area (Å²) in [4.78, 5) is 1.93. The SMILES string of the molecule is CN(C#CCc1cccc(F)c1)c1cccc2cccc(I)c12. The molecule has 0 fully saturated rings. The summed E-state index contributed by atoms with van der Waals surface area (Å²) in [5, 5.41) is 2.41. The van der Waals surface area contributed by atoms with Gasteiger partial charge in [-0.15, -0.1) is 0 Å². The van der Waals surface area contributed by atoms with Crippen LogP contribution in [-0.2, 0) is 6.42 Å². The fraction of sp³-hybridized carbons (Fsp3) is 0.100. The van der Waals surface area contributed by atoms with Crippen molar-refractivity contribution in [2.45, 2.75) is 6.42 Å². The van der Waals surface area contributed by atoms with Crippen molar-refractivity contribution in [2.75, 3.05) is 11.9 Å². The van der Waals surface area contributed by atoms with Crippen LogP contribution in [0.2, 0.25) is 0 Å². The number of hydrogen-bond acceptors (Lipinski definition) is 1. The number of hydrogen-bond donors (Lipinski definition) is 0. The molecular weight excluding hydrogens is 400 g/mol. The van der Waals surface area contributed by atoms with E-state index in [1.165, 1.54) is 26.5 Å². The predicted octanol–water partition coefficient (Wildman–Crippen LogP) is 5.22. The van der Waals surface area contributed by atoms with E-state index < -0.39 is 0 Å². The third-order valence-electron chi connectivity index (χ3n) is 3.62. The zero-order valence-electron chi connectivity index (χ0n) is 12.7.